The van der Waals surface area contributed by atoms with E-state index >= 15 is 0 Å². The third-order valence-corrected chi connectivity index (χ3v) is 9.76. The minimum atomic E-state index is -0.647. The van der Waals surface area contributed by atoms with Crippen molar-refractivity contribution in [3.05, 3.63) is 0 Å². The molecule has 6 aliphatic rings. The Morgan fingerprint density at radius 3 is 1.21 bits per heavy atom. The summed E-state index contributed by atoms with van der Waals surface area (Å²) in [6.45, 7) is 12.8. The van der Waals surface area contributed by atoms with Crippen LogP contribution in [0.5, 0.6) is 0 Å². The molecule has 0 saturated heterocycles. The summed E-state index contributed by atoms with van der Waals surface area (Å²) >= 11 is 0. The molecular weight excluding hydrogens is 500 g/mol. The van der Waals surface area contributed by atoms with Crippen LogP contribution in [0.3, 0.4) is 0 Å². The molecule has 0 aromatic carbocycles. The van der Waals surface area contributed by atoms with Gasteiger partial charge in [0.15, 0.2) is 0 Å². The van der Waals surface area contributed by atoms with Crippen LogP contribution in [-0.2, 0) is 14.3 Å². The van der Waals surface area contributed by atoms with Gasteiger partial charge >= 0.3 is 18.2 Å². The molecule has 9 nitrogen and oxygen atoms in total. The maximum absolute atomic E-state index is 11.7. The molecule has 0 aromatic rings. The van der Waals surface area contributed by atoms with Gasteiger partial charge in [0.1, 0.15) is 11.2 Å². The largest absolute Gasteiger partial charge is 0.481 e. The van der Waals surface area contributed by atoms with E-state index in [0.29, 0.717) is 19.7 Å². The molecule has 39 heavy (non-hydrogen) atoms. The van der Waals surface area contributed by atoms with Gasteiger partial charge in [-0.2, -0.15) is 0 Å². The standard InChI is InChI=1S/C15H25NO4.C15H27NO3/c1-13(2,3)20-12(19)16-10-14-4-7-15(8-5-14,9-6-14)11(17)18;1-13(2,3)19-12(18)16-10-14-4-7-15(11-17,8-5-14)9-6-14/h4-10H2,1-3H3,(H,16,19)(H,17,18);17H,4-11H2,1-3H3,(H,16,18). The third-order valence-electron chi connectivity index (χ3n) is 9.76. The Labute approximate surface area is 234 Å². The quantitative estimate of drug-likeness (QED) is 0.328. The molecule has 0 spiro atoms. The first kappa shape index (κ1) is 31.5. The lowest BCUT2D eigenvalue weighted by atomic mass is 9.54. The summed E-state index contributed by atoms with van der Waals surface area (Å²) in [4.78, 5) is 34.8. The highest BCUT2D eigenvalue weighted by Crippen LogP contribution is 2.57. The number of carbonyl (C=O) groups is 3. The molecule has 6 fully saturated rings. The molecule has 0 aromatic heterocycles. The first-order valence-corrected chi connectivity index (χ1v) is 14.7. The number of fused-ring (bicyclic) bond motifs is 6. The number of rotatable bonds is 6. The zero-order chi connectivity index (χ0) is 29.2. The normalized spacial score (nSPS) is 33.4. The van der Waals surface area contributed by atoms with E-state index in [-0.39, 0.29) is 28.4 Å². The molecule has 6 rings (SSSR count). The monoisotopic (exact) mass is 552 g/mol. The average Bonchev–Trinajstić information content (AvgIpc) is 2.87. The van der Waals surface area contributed by atoms with Crippen molar-refractivity contribution in [1.29, 1.82) is 0 Å². The SMILES string of the molecule is CC(C)(C)OC(=O)NCC12CCC(C(=O)O)(CC1)CC2.CC(C)(C)OC(=O)NCC12CCC(CO)(CC1)CC2. The Kier molecular flexibility index (Phi) is 9.25. The average molecular weight is 553 g/mol. The molecular formula is C30H52N2O7. The Hall–Kier alpha value is -2.03. The van der Waals surface area contributed by atoms with Crippen LogP contribution >= 0.6 is 0 Å². The fourth-order valence-corrected chi connectivity index (χ4v) is 6.84. The summed E-state index contributed by atoms with van der Waals surface area (Å²) in [6, 6.07) is 0. The number of aliphatic carboxylic acids is 1. The van der Waals surface area contributed by atoms with Gasteiger partial charge in [-0.05, 0) is 135 Å². The van der Waals surface area contributed by atoms with Crippen LogP contribution in [0, 0.1) is 21.7 Å². The van der Waals surface area contributed by atoms with Gasteiger partial charge in [-0.15, -0.1) is 0 Å². The van der Waals surface area contributed by atoms with Crippen molar-refractivity contribution in [2.24, 2.45) is 21.7 Å². The fraction of sp³-hybridized carbons (Fsp3) is 0.900. The summed E-state index contributed by atoms with van der Waals surface area (Å²) in [5.41, 5.74) is -0.907. The summed E-state index contributed by atoms with van der Waals surface area (Å²) in [7, 11) is 0. The molecule has 0 heterocycles. The highest BCUT2D eigenvalue weighted by Gasteiger charge is 2.52. The van der Waals surface area contributed by atoms with Crippen LogP contribution < -0.4 is 10.6 Å². The van der Waals surface area contributed by atoms with E-state index < -0.39 is 22.6 Å². The van der Waals surface area contributed by atoms with E-state index in [2.05, 4.69) is 10.6 Å². The number of carboxylic acid groups (broad SMARTS) is 1. The molecule has 6 saturated carbocycles. The smallest absolute Gasteiger partial charge is 0.407 e. The molecule has 0 atom stereocenters. The molecule has 224 valence electrons. The van der Waals surface area contributed by atoms with Gasteiger partial charge in [0.2, 0.25) is 0 Å². The minimum Gasteiger partial charge on any atom is -0.481 e. The van der Waals surface area contributed by atoms with E-state index in [1.165, 1.54) is 0 Å². The molecule has 0 unspecified atom stereocenters. The lowest BCUT2D eigenvalue weighted by Gasteiger charge is -2.52. The van der Waals surface area contributed by atoms with E-state index in [1.807, 2.05) is 41.5 Å². The van der Waals surface area contributed by atoms with Crippen molar-refractivity contribution >= 4 is 18.2 Å². The van der Waals surface area contributed by atoms with Gasteiger partial charge in [-0.25, -0.2) is 9.59 Å². The molecule has 2 amide bonds. The van der Waals surface area contributed by atoms with E-state index in [0.717, 1.165) is 77.0 Å². The summed E-state index contributed by atoms with van der Waals surface area (Å²) in [5.74, 6) is -0.647. The lowest BCUT2D eigenvalue weighted by Crippen LogP contribution is -2.50. The highest BCUT2D eigenvalue weighted by molar-refractivity contribution is 5.75. The Morgan fingerprint density at radius 1 is 0.615 bits per heavy atom. The second kappa shape index (κ2) is 11.5. The maximum atomic E-state index is 11.7. The number of alkyl carbamates (subject to hydrolysis) is 2. The second-order valence-corrected chi connectivity index (χ2v) is 15.0. The topological polar surface area (TPSA) is 134 Å². The van der Waals surface area contributed by atoms with E-state index in [4.69, 9.17) is 9.47 Å². The number of aliphatic hydroxyl groups is 1. The van der Waals surface area contributed by atoms with Crippen molar-refractivity contribution in [2.75, 3.05) is 19.7 Å². The number of nitrogens with one attached hydrogen (secondary N) is 2. The van der Waals surface area contributed by atoms with Crippen LogP contribution in [0.15, 0.2) is 0 Å². The molecule has 0 radical (unpaired) electrons. The molecule has 4 bridgehead atoms. The Bertz CT molecular complexity index is 853. The molecule has 9 heteroatoms. The number of amides is 2. The molecule has 4 N–H and O–H groups in total. The van der Waals surface area contributed by atoms with Crippen molar-refractivity contribution in [1.82, 2.24) is 10.6 Å². The maximum Gasteiger partial charge on any atom is 0.407 e. The number of ether oxygens (including phenoxy) is 2. The van der Waals surface area contributed by atoms with E-state index in [1.54, 1.807) is 0 Å². The van der Waals surface area contributed by atoms with E-state index in [9.17, 15) is 24.6 Å². The lowest BCUT2D eigenvalue weighted by molar-refractivity contribution is -0.158. The minimum absolute atomic E-state index is 0.0775. The molecule has 0 aliphatic heterocycles. The Morgan fingerprint density at radius 2 is 0.923 bits per heavy atom. The van der Waals surface area contributed by atoms with Gasteiger partial charge in [-0.3, -0.25) is 4.79 Å². The predicted octanol–water partition coefficient (Wildman–Crippen LogP) is 5.78. The fourth-order valence-electron chi connectivity index (χ4n) is 6.84. The Balaban J connectivity index is 0.000000216. The van der Waals surface area contributed by atoms with Crippen molar-refractivity contribution in [3.8, 4) is 0 Å². The van der Waals surface area contributed by atoms with Gasteiger partial charge in [0, 0.05) is 19.7 Å². The zero-order valence-corrected chi connectivity index (χ0v) is 25.0. The van der Waals surface area contributed by atoms with Crippen molar-refractivity contribution < 1.29 is 34.1 Å². The molecule has 6 aliphatic carbocycles. The van der Waals surface area contributed by atoms with Crippen LogP contribution in [0.1, 0.15) is 119 Å². The summed E-state index contributed by atoms with van der Waals surface area (Å²) in [5, 5.41) is 24.7. The highest BCUT2D eigenvalue weighted by atomic mass is 16.6. The number of carboxylic acids is 1. The van der Waals surface area contributed by atoms with Gasteiger partial charge in [0.05, 0.1) is 5.41 Å². The first-order valence-electron chi connectivity index (χ1n) is 14.7. The first-order chi connectivity index (χ1) is 17.9. The van der Waals surface area contributed by atoms with Gasteiger partial charge in [0.25, 0.3) is 0 Å². The number of hydrogen-bond acceptors (Lipinski definition) is 6. The third kappa shape index (κ3) is 8.24. The van der Waals surface area contributed by atoms with Crippen molar-refractivity contribution in [3.63, 3.8) is 0 Å². The van der Waals surface area contributed by atoms with Crippen LogP contribution in [0.4, 0.5) is 9.59 Å². The van der Waals surface area contributed by atoms with Crippen LogP contribution in [0.25, 0.3) is 0 Å². The van der Waals surface area contributed by atoms with Gasteiger partial charge < -0.3 is 30.3 Å². The summed E-state index contributed by atoms with van der Waals surface area (Å²) < 4.78 is 10.5. The number of carbonyl (C=O) groups excluding carboxylic acids is 2. The second-order valence-electron chi connectivity index (χ2n) is 15.0. The van der Waals surface area contributed by atoms with Crippen molar-refractivity contribution in [2.45, 2.75) is 130 Å². The summed E-state index contributed by atoms with van der Waals surface area (Å²) in [6.07, 6.45) is 10.8. The zero-order valence-electron chi connectivity index (χ0n) is 25.0. The number of aliphatic hydroxyl groups excluding tert-OH is 1. The van der Waals surface area contributed by atoms with Gasteiger partial charge in [-0.1, -0.05) is 0 Å². The predicted molar refractivity (Wildman–Crippen MR) is 148 cm³/mol. The number of hydrogen-bond donors (Lipinski definition) is 4. The van der Waals surface area contributed by atoms with Crippen LogP contribution in [0.2, 0.25) is 0 Å². The van der Waals surface area contributed by atoms with Crippen LogP contribution in [-0.4, -0.2) is 59.3 Å².